The van der Waals surface area contributed by atoms with Crippen LogP contribution in [0.1, 0.15) is 17.5 Å². The molecule has 1 fully saturated rings. The molecule has 1 saturated heterocycles. The van der Waals surface area contributed by atoms with Crippen LogP contribution in [-0.2, 0) is 11.2 Å². The Hall–Kier alpha value is -2.50. The van der Waals surface area contributed by atoms with Crippen LogP contribution in [0.3, 0.4) is 0 Å². The van der Waals surface area contributed by atoms with Crippen molar-refractivity contribution in [3.05, 3.63) is 53.6 Å². The molecule has 23 heavy (non-hydrogen) atoms. The summed E-state index contributed by atoms with van der Waals surface area (Å²) in [4.78, 5) is 22.1. The van der Waals surface area contributed by atoms with Gasteiger partial charge in [0.25, 0.3) is 0 Å². The number of anilines is 1. The molecule has 1 aromatic heterocycles. The maximum absolute atomic E-state index is 13.5. The number of nitrogens with zero attached hydrogens (tertiary/aromatic N) is 3. The Bertz CT molecular complexity index is 686. The van der Waals surface area contributed by atoms with E-state index in [-0.39, 0.29) is 17.8 Å². The Morgan fingerprint density at radius 3 is 2.78 bits per heavy atom. The molecule has 0 aliphatic carbocycles. The second kappa shape index (κ2) is 6.73. The molecule has 0 spiro atoms. The Morgan fingerprint density at radius 1 is 1.35 bits per heavy atom. The van der Waals surface area contributed by atoms with Gasteiger partial charge >= 0.3 is 0 Å². The number of carbonyl (C=O) groups is 1. The Kier molecular flexibility index (Phi) is 4.50. The lowest BCUT2D eigenvalue weighted by atomic mass is 10.0. The zero-order valence-electron chi connectivity index (χ0n) is 13.0. The summed E-state index contributed by atoms with van der Waals surface area (Å²) < 4.78 is 13.5. The van der Waals surface area contributed by atoms with Crippen molar-refractivity contribution in [1.29, 1.82) is 0 Å². The molecule has 120 valence electrons. The number of hydrogen-bond donors (Lipinski definition) is 1. The van der Waals surface area contributed by atoms with Crippen molar-refractivity contribution in [2.45, 2.75) is 25.8 Å². The van der Waals surface area contributed by atoms with Crippen molar-refractivity contribution in [3.8, 4) is 0 Å². The molecular formula is C17H19FN4O. The molecule has 2 aromatic rings. The SMILES string of the molecule is Cc1ccc(CCC(=O)N2CC(Nc3ncccn3)C2)cc1F. The molecule has 1 aliphatic rings. The van der Waals surface area contributed by atoms with Crippen LogP contribution in [0.4, 0.5) is 10.3 Å². The number of carbonyl (C=O) groups excluding carboxylic acids is 1. The molecule has 1 aliphatic heterocycles. The average molecular weight is 314 g/mol. The lowest BCUT2D eigenvalue weighted by molar-refractivity contribution is -0.135. The standard InChI is InChI=1S/C17H19FN4O/c1-12-3-4-13(9-15(12)18)5-6-16(23)22-10-14(11-22)21-17-19-7-2-8-20-17/h2-4,7-9,14H,5-6,10-11H2,1H3,(H,19,20,21). The van der Waals surface area contributed by atoms with E-state index in [1.807, 2.05) is 6.07 Å². The number of likely N-dealkylation sites (tertiary alicyclic amines) is 1. The van der Waals surface area contributed by atoms with E-state index in [0.717, 1.165) is 5.56 Å². The Morgan fingerprint density at radius 2 is 2.09 bits per heavy atom. The number of hydrogen-bond acceptors (Lipinski definition) is 4. The van der Waals surface area contributed by atoms with Crippen LogP contribution in [0.2, 0.25) is 0 Å². The number of benzene rings is 1. The smallest absolute Gasteiger partial charge is 0.223 e. The Labute approximate surface area is 134 Å². The van der Waals surface area contributed by atoms with Crippen molar-refractivity contribution in [2.24, 2.45) is 0 Å². The molecule has 6 heteroatoms. The number of aromatic nitrogens is 2. The van der Waals surface area contributed by atoms with Crippen molar-refractivity contribution in [3.63, 3.8) is 0 Å². The lowest BCUT2D eigenvalue weighted by Gasteiger charge is -2.39. The zero-order chi connectivity index (χ0) is 16.2. The van der Waals surface area contributed by atoms with Gasteiger partial charge in [-0.3, -0.25) is 4.79 Å². The van der Waals surface area contributed by atoms with E-state index in [0.29, 0.717) is 37.4 Å². The van der Waals surface area contributed by atoms with E-state index in [2.05, 4.69) is 15.3 Å². The maximum Gasteiger partial charge on any atom is 0.223 e. The summed E-state index contributed by atoms with van der Waals surface area (Å²) in [6.45, 7) is 3.03. The summed E-state index contributed by atoms with van der Waals surface area (Å²) in [5.74, 6) is 0.462. The molecule has 5 nitrogen and oxygen atoms in total. The molecule has 0 unspecified atom stereocenters. The van der Waals surface area contributed by atoms with Gasteiger partial charge in [-0.25, -0.2) is 14.4 Å². The third-order valence-corrected chi connectivity index (χ3v) is 4.00. The molecular weight excluding hydrogens is 295 g/mol. The molecule has 3 rings (SSSR count). The van der Waals surface area contributed by atoms with Crippen molar-refractivity contribution < 1.29 is 9.18 Å². The second-order valence-corrected chi connectivity index (χ2v) is 5.80. The molecule has 1 amide bonds. The number of rotatable bonds is 5. The molecule has 2 heterocycles. The van der Waals surface area contributed by atoms with E-state index in [1.165, 1.54) is 6.07 Å². The van der Waals surface area contributed by atoms with Crippen LogP contribution >= 0.6 is 0 Å². The normalized spacial score (nSPS) is 14.4. The minimum absolute atomic E-state index is 0.0954. The fourth-order valence-electron chi connectivity index (χ4n) is 2.53. The highest BCUT2D eigenvalue weighted by molar-refractivity contribution is 5.77. The van der Waals surface area contributed by atoms with Gasteiger partial charge in [0.1, 0.15) is 5.82 Å². The van der Waals surface area contributed by atoms with Gasteiger partial charge in [-0.15, -0.1) is 0 Å². The highest BCUT2D eigenvalue weighted by Crippen LogP contribution is 2.16. The first kappa shape index (κ1) is 15.4. The van der Waals surface area contributed by atoms with Crippen molar-refractivity contribution in [2.75, 3.05) is 18.4 Å². The predicted molar refractivity (Wildman–Crippen MR) is 85.5 cm³/mol. The zero-order valence-corrected chi connectivity index (χ0v) is 13.0. The highest BCUT2D eigenvalue weighted by atomic mass is 19.1. The van der Waals surface area contributed by atoms with Crippen LogP contribution in [0.25, 0.3) is 0 Å². The van der Waals surface area contributed by atoms with Gasteiger partial charge in [0.2, 0.25) is 11.9 Å². The van der Waals surface area contributed by atoms with E-state index in [4.69, 9.17) is 0 Å². The Balaban J connectivity index is 1.43. The highest BCUT2D eigenvalue weighted by Gasteiger charge is 2.30. The molecule has 0 saturated carbocycles. The lowest BCUT2D eigenvalue weighted by Crippen LogP contribution is -2.57. The van der Waals surface area contributed by atoms with Gasteiger partial charge in [-0.2, -0.15) is 0 Å². The van der Waals surface area contributed by atoms with Gasteiger partial charge in [0.05, 0.1) is 6.04 Å². The second-order valence-electron chi connectivity index (χ2n) is 5.80. The summed E-state index contributed by atoms with van der Waals surface area (Å²) in [7, 11) is 0. The molecule has 1 aromatic carbocycles. The summed E-state index contributed by atoms with van der Waals surface area (Å²) in [6, 6.07) is 7.08. The summed E-state index contributed by atoms with van der Waals surface area (Å²) in [6.07, 6.45) is 4.32. The predicted octanol–water partition coefficient (Wildman–Crippen LogP) is 2.18. The first-order chi connectivity index (χ1) is 11.1. The third-order valence-electron chi connectivity index (χ3n) is 4.00. The van der Waals surface area contributed by atoms with Gasteiger partial charge in [0, 0.05) is 31.9 Å². The first-order valence-electron chi connectivity index (χ1n) is 7.68. The topological polar surface area (TPSA) is 58.1 Å². The summed E-state index contributed by atoms with van der Waals surface area (Å²) in [5.41, 5.74) is 1.48. The first-order valence-corrected chi connectivity index (χ1v) is 7.68. The quantitative estimate of drug-likeness (QED) is 0.919. The average Bonchev–Trinajstić information content (AvgIpc) is 2.52. The van der Waals surface area contributed by atoms with E-state index in [9.17, 15) is 9.18 Å². The number of nitrogens with one attached hydrogen (secondary N) is 1. The van der Waals surface area contributed by atoms with Crippen molar-refractivity contribution >= 4 is 11.9 Å². The van der Waals surface area contributed by atoms with Gasteiger partial charge in [-0.05, 0) is 36.6 Å². The van der Waals surface area contributed by atoms with Crippen LogP contribution in [0.5, 0.6) is 0 Å². The molecule has 1 N–H and O–H groups in total. The monoisotopic (exact) mass is 314 g/mol. The fourth-order valence-corrected chi connectivity index (χ4v) is 2.53. The number of aryl methyl sites for hydroxylation is 2. The minimum Gasteiger partial charge on any atom is -0.348 e. The van der Waals surface area contributed by atoms with Crippen LogP contribution in [-0.4, -0.2) is 39.9 Å². The third kappa shape index (κ3) is 3.83. The van der Waals surface area contributed by atoms with Gasteiger partial charge < -0.3 is 10.2 Å². The molecule has 0 atom stereocenters. The van der Waals surface area contributed by atoms with E-state index in [1.54, 1.807) is 36.4 Å². The van der Waals surface area contributed by atoms with Crippen LogP contribution < -0.4 is 5.32 Å². The van der Waals surface area contributed by atoms with Crippen LogP contribution in [0, 0.1) is 12.7 Å². The molecule has 0 radical (unpaired) electrons. The van der Waals surface area contributed by atoms with Gasteiger partial charge in [0.15, 0.2) is 0 Å². The fraction of sp³-hybridized carbons (Fsp3) is 0.353. The van der Waals surface area contributed by atoms with Crippen LogP contribution in [0.15, 0.2) is 36.7 Å². The summed E-state index contributed by atoms with van der Waals surface area (Å²) >= 11 is 0. The number of halogens is 1. The van der Waals surface area contributed by atoms with Gasteiger partial charge in [-0.1, -0.05) is 12.1 Å². The maximum atomic E-state index is 13.5. The number of amides is 1. The minimum atomic E-state index is -0.217. The van der Waals surface area contributed by atoms with E-state index < -0.39 is 0 Å². The van der Waals surface area contributed by atoms with Crippen molar-refractivity contribution in [1.82, 2.24) is 14.9 Å². The van der Waals surface area contributed by atoms with E-state index >= 15 is 0 Å². The molecule has 0 bridgehead atoms. The largest absolute Gasteiger partial charge is 0.348 e. The summed E-state index contributed by atoms with van der Waals surface area (Å²) in [5, 5.41) is 3.18.